The molecule has 3 aromatic carbocycles. The van der Waals surface area contributed by atoms with Crippen molar-refractivity contribution < 1.29 is 32.3 Å². The van der Waals surface area contributed by atoms with Crippen LogP contribution in [-0.2, 0) is 14.8 Å². The number of fused-ring (bicyclic) bond motifs is 1. The fourth-order valence-corrected chi connectivity index (χ4v) is 5.90. The van der Waals surface area contributed by atoms with Gasteiger partial charge in [-0.05, 0) is 79.1 Å². The van der Waals surface area contributed by atoms with Crippen LogP contribution in [-0.4, -0.2) is 38.0 Å². The second-order valence-electron chi connectivity index (χ2n) is 10.7. The zero-order valence-corrected chi connectivity index (χ0v) is 23.8. The maximum atomic E-state index is 13.1. The highest BCUT2D eigenvalue weighted by molar-refractivity contribution is 7.89. The van der Waals surface area contributed by atoms with E-state index in [9.17, 15) is 23.1 Å². The average molecular weight is 577 g/mol. The van der Waals surface area contributed by atoms with E-state index in [-0.39, 0.29) is 16.6 Å². The summed E-state index contributed by atoms with van der Waals surface area (Å²) in [6.07, 6.45) is 2.37. The molecule has 9 nitrogen and oxygen atoms in total. The van der Waals surface area contributed by atoms with Gasteiger partial charge in [0.2, 0.25) is 10.0 Å². The van der Waals surface area contributed by atoms with Crippen molar-refractivity contribution >= 4 is 38.6 Å². The third-order valence-corrected chi connectivity index (χ3v) is 8.61. The molecule has 0 bridgehead atoms. The molecule has 1 aromatic heterocycles. The summed E-state index contributed by atoms with van der Waals surface area (Å²) < 4.78 is 39.5. The standard InChI is InChI=1S/C31H32N2O7S/c1-18(2)28(31(35)36)33-41(37,38)24-15-11-22(12-16-24)21-9-13-23(14-10-21)32-30(34)29-19(3)27-25(39-17-20-7-8-20)5-4-6-26(27)40-29/h4-6,9-16,18,20,28,33H,7-8,17H2,1-3H3,(H,32,34)(H,35,36). The van der Waals surface area contributed by atoms with Crippen LogP contribution >= 0.6 is 0 Å². The number of aryl methyl sites for hydroxylation is 1. The molecule has 0 radical (unpaired) electrons. The lowest BCUT2D eigenvalue weighted by atomic mass is 10.1. The Labute approximate surface area is 238 Å². The van der Waals surface area contributed by atoms with Crippen LogP contribution in [0.15, 0.2) is 76.0 Å². The number of benzene rings is 3. The van der Waals surface area contributed by atoms with Gasteiger partial charge >= 0.3 is 5.97 Å². The number of carbonyl (C=O) groups is 2. The van der Waals surface area contributed by atoms with Gasteiger partial charge in [0.15, 0.2) is 5.76 Å². The SMILES string of the molecule is Cc1c(C(=O)Nc2ccc(-c3ccc(S(=O)(=O)NC(C(=O)O)C(C)C)cc3)cc2)oc2cccc(OCC3CC3)c12. The number of ether oxygens (including phenoxy) is 1. The first-order valence-corrected chi connectivity index (χ1v) is 14.9. The molecule has 41 heavy (non-hydrogen) atoms. The van der Waals surface area contributed by atoms with Crippen LogP contribution in [0.5, 0.6) is 5.75 Å². The van der Waals surface area contributed by atoms with Gasteiger partial charge < -0.3 is 19.6 Å². The monoisotopic (exact) mass is 576 g/mol. The Morgan fingerprint density at radius 1 is 1.00 bits per heavy atom. The van der Waals surface area contributed by atoms with Crippen molar-refractivity contribution in [3.63, 3.8) is 0 Å². The summed E-state index contributed by atoms with van der Waals surface area (Å²) in [4.78, 5) is 24.5. The number of hydrogen-bond acceptors (Lipinski definition) is 6. The number of carboxylic acid groups (broad SMARTS) is 1. The second kappa shape index (κ2) is 11.4. The van der Waals surface area contributed by atoms with E-state index in [2.05, 4.69) is 10.0 Å². The van der Waals surface area contributed by atoms with Gasteiger partial charge in [0, 0.05) is 11.3 Å². The molecule has 1 amide bonds. The predicted molar refractivity (Wildman–Crippen MR) is 156 cm³/mol. The van der Waals surface area contributed by atoms with Crippen LogP contribution in [0.4, 0.5) is 5.69 Å². The molecule has 0 aliphatic heterocycles. The summed E-state index contributed by atoms with van der Waals surface area (Å²) in [5, 5.41) is 13.0. The van der Waals surface area contributed by atoms with Crippen LogP contribution in [0.2, 0.25) is 0 Å². The summed E-state index contributed by atoms with van der Waals surface area (Å²) in [6.45, 7) is 5.78. The van der Waals surface area contributed by atoms with E-state index in [1.54, 1.807) is 38.1 Å². The van der Waals surface area contributed by atoms with Crippen molar-refractivity contribution in [3.8, 4) is 16.9 Å². The van der Waals surface area contributed by atoms with E-state index in [4.69, 9.17) is 9.15 Å². The molecule has 0 spiro atoms. The number of hydrogen-bond donors (Lipinski definition) is 3. The number of rotatable bonds is 11. The lowest BCUT2D eigenvalue weighted by Gasteiger charge is -2.18. The van der Waals surface area contributed by atoms with Gasteiger partial charge in [0.05, 0.1) is 16.9 Å². The molecule has 1 aliphatic rings. The average Bonchev–Trinajstić information content (AvgIpc) is 3.72. The summed E-state index contributed by atoms with van der Waals surface area (Å²) in [5.74, 6) is -0.477. The van der Waals surface area contributed by atoms with Crippen LogP contribution in [0.1, 0.15) is 42.8 Å². The summed E-state index contributed by atoms with van der Waals surface area (Å²) in [5.41, 5.74) is 3.45. The fourth-order valence-electron chi connectivity index (χ4n) is 4.56. The third-order valence-electron chi connectivity index (χ3n) is 7.15. The van der Waals surface area contributed by atoms with Gasteiger partial charge in [-0.2, -0.15) is 4.72 Å². The number of nitrogens with one attached hydrogen (secondary N) is 2. The maximum Gasteiger partial charge on any atom is 0.322 e. The van der Waals surface area contributed by atoms with Crippen LogP contribution in [0.3, 0.4) is 0 Å². The van der Waals surface area contributed by atoms with Crippen molar-refractivity contribution in [1.29, 1.82) is 0 Å². The molecule has 4 aromatic rings. The Bertz CT molecular complexity index is 1690. The number of furan rings is 1. The Morgan fingerprint density at radius 2 is 1.63 bits per heavy atom. The largest absolute Gasteiger partial charge is 0.493 e. The molecular weight excluding hydrogens is 544 g/mol. The number of amides is 1. The van der Waals surface area contributed by atoms with Crippen molar-refractivity contribution in [2.75, 3.05) is 11.9 Å². The smallest absolute Gasteiger partial charge is 0.322 e. The molecule has 1 atom stereocenters. The van der Waals surface area contributed by atoms with Crippen molar-refractivity contribution in [3.05, 3.63) is 78.1 Å². The summed E-state index contributed by atoms with van der Waals surface area (Å²) in [6, 6.07) is 17.6. The number of carbonyl (C=O) groups excluding carboxylic acids is 1. The quantitative estimate of drug-likeness (QED) is 0.204. The minimum absolute atomic E-state index is 0.0284. The van der Waals surface area contributed by atoms with E-state index in [0.29, 0.717) is 29.4 Å². The molecule has 214 valence electrons. The first-order chi connectivity index (χ1) is 19.5. The molecule has 10 heteroatoms. The van der Waals surface area contributed by atoms with E-state index in [0.717, 1.165) is 22.3 Å². The van der Waals surface area contributed by atoms with Gasteiger partial charge in [-0.1, -0.05) is 44.2 Å². The van der Waals surface area contributed by atoms with Gasteiger partial charge in [-0.25, -0.2) is 8.42 Å². The molecule has 5 rings (SSSR count). The summed E-state index contributed by atoms with van der Waals surface area (Å²) >= 11 is 0. The maximum absolute atomic E-state index is 13.1. The first kappa shape index (κ1) is 28.4. The Morgan fingerprint density at radius 3 is 2.22 bits per heavy atom. The highest BCUT2D eigenvalue weighted by Crippen LogP contribution is 2.36. The van der Waals surface area contributed by atoms with Crippen molar-refractivity contribution in [1.82, 2.24) is 4.72 Å². The molecule has 3 N–H and O–H groups in total. The Balaban J connectivity index is 1.27. The Kier molecular flexibility index (Phi) is 7.88. The first-order valence-electron chi connectivity index (χ1n) is 13.5. The molecule has 1 saturated carbocycles. The fraction of sp³-hybridized carbons (Fsp3) is 0.290. The minimum Gasteiger partial charge on any atom is -0.493 e. The predicted octanol–water partition coefficient (Wildman–Crippen LogP) is 5.84. The highest BCUT2D eigenvalue weighted by Gasteiger charge is 2.28. The zero-order valence-electron chi connectivity index (χ0n) is 23.0. The molecular formula is C31H32N2O7S. The Hall–Kier alpha value is -4.15. The molecule has 1 heterocycles. The second-order valence-corrected chi connectivity index (χ2v) is 12.4. The van der Waals surface area contributed by atoms with E-state index in [1.807, 2.05) is 37.3 Å². The number of aliphatic carboxylic acids is 1. The normalized spacial score (nSPS) is 14.2. The van der Waals surface area contributed by atoms with Crippen LogP contribution < -0.4 is 14.8 Å². The van der Waals surface area contributed by atoms with Crippen LogP contribution in [0.25, 0.3) is 22.1 Å². The van der Waals surface area contributed by atoms with E-state index >= 15 is 0 Å². The zero-order chi connectivity index (χ0) is 29.3. The lowest BCUT2D eigenvalue weighted by molar-refractivity contribution is -0.140. The van der Waals surface area contributed by atoms with Crippen LogP contribution in [0, 0.1) is 18.8 Å². The highest BCUT2D eigenvalue weighted by atomic mass is 32.2. The third kappa shape index (κ3) is 6.28. The molecule has 1 aliphatic carbocycles. The molecule has 1 unspecified atom stereocenters. The van der Waals surface area contributed by atoms with Crippen molar-refractivity contribution in [2.24, 2.45) is 11.8 Å². The van der Waals surface area contributed by atoms with Gasteiger partial charge in [0.1, 0.15) is 17.4 Å². The molecule has 1 fully saturated rings. The van der Waals surface area contributed by atoms with E-state index < -0.39 is 28.0 Å². The lowest BCUT2D eigenvalue weighted by Crippen LogP contribution is -2.44. The van der Waals surface area contributed by atoms with Gasteiger partial charge in [0.25, 0.3) is 5.91 Å². The topological polar surface area (TPSA) is 135 Å². The molecule has 0 saturated heterocycles. The minimum atomic E-state index is -4.01. The van der Waals surface area contributed by atoms with Gasteiger partial charge in [-0.15, -0.1) is 0 Å². The van der Waals surface area contributed by atoms with Crippen molar-refractivity contribution in [2.45, 2.75) is 44.6 Å². The number of anilines is 1. The number of sulfonamides is 1. The van der Waals surface area contributed by atoms with E-state index in [1.165, 1.54) is 25.0 Å². The van der Waals surface area contributed by atoms with Gasteiger partial charge in [-0.3, -0.25) is 9.59 Å². The summed E-state index contributed by atoms with van der Waals surface area (Å²) in [7, 11) is -4.01. The number of carboxylic acids is 1.